The van der Waals surface area contributed by atoms with Crippen LogP contribution in [0.3, 0.4) is 0 Å². The molecule has 3 unspecified atom stereocenters. The van der Waals surface area contributed by atoms with Crippen molar-refractivity contribution in [3.05, 3.63) is 11.6 Å². The molecule has 2 nitrogen and oxygen atoms in total. The lowest BCUT2D eigenvalue weighted by Gasteiger charge is -2.59. The van der Waals surface area contributed by atoms with Crippen LogP contribution in [-0.4, -0.2) is 28.8 Å². The van der Waals surface area contributed by atoms with Crippen LogP contribution >= 0.6 is 0 Å². The van der Waals surface area contributed by atoms with Gasteiger partial charge in [-0.1, -0.05) is 67.0 Å². The SMILES string of the molecule is CC[C@]12CC[C@H](O[Si](C)(C)C(C)(C)C)CC1=CCC1C2CC[C@@]2(C)C1CC[C@@H]2O[Si](C)(C)C(C)(C)C. The maximum atomic E-state index is 7.17. The van der Waals surface area contributed by atoms with Gasteiger partial charge in [-0.2, -0.15) is 0 Å². The Kier molecular flexibility index (Phi) is 7.54. The molecule has 4 aliphatic rings. The van der Waals surface area contributed by atoms with Gasteiger partial charge in [0.2, 0.25) is 0 Å². The lowest BCUT2D eigenvalue weighted by Crippen LogP contribution is -2.54. The Morgan fingerprint density at radius 2 is 1.44 bits per heavy atom. The molecule has 0 spiro atoms. The summed E-state index contributed by atoms with van der Waals surface area (Å²) < 4.78 is 14.1. The van der Waals surface area contributed by atoms with Gasteiger partial charge in [0.05, 0.1) is 6.10 Å². The summed E-state index contributed by atoms with van der Waals surface area (Å²) in [5.74, 6) is 2.58. The minimum Gasteiger partial charge on any atom is -0.414 e. The standard InChI is InChI=1S/C32H60O2Si2/c1-13-32-21-18-24(33-35(9,10)29(2,3)4)22-23(32)14-15-25-26-16-17-28(31(26,8)20-19-27(25)32)34-36(11,12)30(5,6)7/h14,24-28H,13,15-22H2,1-12H3/t24-,25?,26?,27?,28-,31-,32-/m0/s1. The zero-order valence-corrected chi connectivity index (χ0v) is 28.1. The normalized spacial score (nSPS) is 39.8. The molecule has 4 heteroatoms. The van der Waals surface area contributed by atoms with Crippen LogP contribution in [0.25, 0.3) is 0 Å². The summed E-state index contributed by atoms with van der Waals surface area (Å²) >= 11 is 0. The van der Waals surface area contributed by atoms with Crippen LogP contribution in [0.15, 0.2) is 11.6 Å². The van der Waals surface area contributed by atoms with Crippen LogP contribution in [0.2, 0.25) is 36.3 Å². The lowest BCUT2D eigenvalue weighted by molar-refractivity contribution is -0.0731. The second-order valence-electron chi connectivity index (χ2n) is 16.6. The van der Waals surface area contributed by atoms with E-state index in [4.69, 9.17) is 8.85 Å². The average Bonchev–Trinajstić information content (AvgIpc) is 3.07. The van der Waals surface area contributed by atoms with Gasteiger partial charge in [-0.3, -0.25) is 0 Å². The molecule has 0 N–H and O–H groups in total. The van der Waals surface area contributed by atoms with E-state index >= 15 is 0 Å². The monoisotopic (exact) mass is 532 g/mol. The van der Waals surface area contributed by atoms with E-state index in [1.54, 1.807) is 5.57 Å². The third-order valence-electron chi connectivity index (χ3n) is 12.8. The number of allylic oxidation sites excluding steroid dienone is 1. The van der Waals surface area contributed by atoms with Crippen molar-refractivity contribution < 1.29 is 8.85 Å². The second kappa shape index (κ2) is 9.34. The Balaban J connectivity index is 1.54. The Hall–Kier alpha value is 0.0938. The summed E-state index contributed by atoms with van der Waals surface area (Å²) in [6, 6.07) is 0. The predicted molar refractivity (Wildman–Crippen MR) is 160 cm³/mol. The Morgan fingerprint density at radius 1 is 0.833 bits per heavy atom. The first-order valence-corrected chi connectivity index (χ1v) is 21.2. The van der Waals surface area contributed by atoms with Crippen LogP contribution in [0.1, 0.15) is 113 Å². The van der Waals surface area contributed by atoms with Crippen LogP contribution in [-0.2, 0) is 8.85 Å². The van der Waals surface area contributed by atoms with E-state index in [1.807, 2.05) is 0 Å². The summed E-state index contributed by atoms with van der Waals surface area (Å²) in [5, 5.41) is 0.580. The van der Waals surface area contributed by atoms with Crippen molar-refractivity contribution in [3.63, 3.8) is 0 Å². The van der Waals surface area contributed by atoms with Crippen molar-refractivity contribution in [3.8, 4) is 0 Å². The maximum Gasteiger partial charge on any atom is 0.192 e. The van der Waals surface area contributed by atoms with Gasteiger partial charge in [0, 0.05) is 6.10 Å². The Bertz CT molecular complexity index is 847. The number of fused-ring (bicyclic) bond motifs is 5. The number of hydrogen-bond donors (Lipinski definition) is 0. The minimum atomic E-state index is -1.75. The zero-order chi connectivity index (χ0) is 26.9. The number of hydrogen-bond acceptors (Lipinski definition) is 2. The molecule has 0 aromatic rings. The molecule has 0 heterocycles. The molecular weight excluding hydrogens is 473 g/mol. The van der Waals surface area contributed by atoms with Gasteiger partial charge in [-0.25, -0.2) is 0 Å². The highest BCUT2D eigenvalue weighted by atomic mass is 28.4. The smallest absolute Gasteiger partial charge is 0.192 e. The predicted octanol–water partition coefficient (Wildman–Crippen LogP) is 10.1. The van der Waals surface area contributed by atoms with Gasteiger partial charge in [0.15, 0.2) is 16.6 Å². The van der Waals surface area contributed by atoms with Crippen molar-refractivity contribution in [2.24, 2.45) is 28.6 Å². The Morgan fingerprint density at radius 3 is 2.03 bits per heavy atom. The van der Waals surface area contributed by atoms with E-state index in [9.17, 15) is 0 Å². The van der Waals surface area contributed by atoms with E-state index < -0.39 is 16.6 Å². The third kappa shape index (κ3) is 4.70. The van der Waals surface area contributed by atoms with Gasteiger partial charge < -0.3 is 8.85 Å². The van der Waals surface area contributed by atoms with Gasteiger partial charge in [-0.05, 0) is 123 Å². The lowest BCUT2D eigenvalue weighted by atomic mass is 9.47. The zero-order valence-electron chi connectivity index (χ0n) is 26.1. The van der Waals surface area contributed by atoms with Gasteiger partial charge in [0.25, 0.3) is 0 Å². The highest BCUT2D eigenvalue weighted by Crippen LogP contribution is 2.66. The van der Waals surface area contributed by atoms with E-state index in [0.717, 1.165) is 17.8 Å². The van der Waals surface area contributed by atoms with Gasteiger partial charge in [-0.15, -0.1) is 0 Å². The molecule has 0 aromatic heterocycles. The van der Waals surface area contributed by atoms with Crippen molar-refractivity contribution >= 4 is 16.6 Å². The van der Waals surface area contributed by atoms with Crippen molar-refractivity contribution in [1.29, 1.82) is 0 Å². The molecule has 208 valence electrons. The average molecular weight is 533 g/mol. The second-order valence-corrected chi connectivity index (χ2v) is 26.1. The fourth-order valence-corrected chi connectivity index (χ4v) is 11.3. The minimum absolute atomic E-state index is 0.289. The maximum absolute atomic E-state index is 7.17. The first-order valence-electron chi connectivity index (χ1n) is 15.4. The summed E-state index contributed by atoms with van der Waals surface area (Å²) in [6.45, 7) is 29.2. The molecule has 3 saturated carbocycles. The molecule has 3 fully saturated rings. The molecule has 0 radical (unpaired) electrons. The molecule has 0 aromatic carbocycles. The van der Waals surface area contributed by atoms with E-state index in [-0.39, 0.29) is 5.04 Å². The summed E-state index contributed by atoms with van der Waals surface area (Å²) in [6.07, 6.45) is 15.5. The van der Waals surface area contributed by atoms with E-state index in [2.05, 4.69) is 87.7 Å². The van der Waals surface area contributed by atoms with Crippen LogP contribution in [0, 0.1) is 28.6 Å². The fourth-order valence-electron chi connectivity index (χ4n) is 8.46. The molecule has 0 bridgehead atoms. The van der Waals surface area contributed by atoms with Gasteiger partial charge >= 0.3 is 0 Å². The fraction of sp³-hybridized carbons (Fsp3) is 0.938. The largest absolute Gasteiger partial charge is 0.414 e. The van der Waals surface area contributed by atoms with Crippen molar-refractivity contribution in [2.45, 2.75) is 162 Å². The molecule has 4 rings (SSSR count). The van der Waals surface area contributed by atoms with Crippen molar-refractivity contribution in [2.75, 3.05) is 0 Å². The third-order valence-corrected chi connectivity index (χ3v) is 21.9. The summed E-state index contributed by atoms with van der Waals surface area (Å²) in [4.78, 5) is 0. The quantitative estimate of drug-likeness (QED) is 0.259. The summed E-state index contributed by atoms with van der Waals surface area (Å²) in [5.41, 5.74) is 2.60. The molecule has 0 aliphatic heterocycles. The Labute approximate surface area is 227 Å². The molecule has 0 amide bonds. The number of rotatable bonds is 5. The first-order chi connectivity index (χ1) is 16.4. The molecule has 36 heavy (non-hydrogen) atoms. The topological polar surface area (TPSA) is 18.5 Å². The molecule has 4 aliphatic carbocycles. The van der Waals surface area contributed by atoms with E-state index in [0.29, 0.717) is 28.1 Å². The van der Waals surface area contributed by atoms with E-state index in [1.165, 1.54) is 57.8 Å². The first kappa shape index (κ1) is 29.1. The highest BCUT2D eigenvalue weighted by Gasteiger charge is 2.61. The van der Waals surface area contributed by atoms with Gasteiger partial charge in [0.1, 0.15) is 0 Å². The summed E-state index contributed by atoms with van der Waals surface area (Å²) in [7, 11) is -3.47. The van der Waals surface area contributed by atoms with Crippen molar-refractivity contribution in [1.82, 2.24) is 0 Å². The van der Waals surface area contributed by atoms with Crippen LogP contribution in [0.5, 0.6) is 0 Å². The molecule has 0 saturated heterocycles. The molecular formula is C32H60O2Si2. The van der Waals surface area contributed by atoms with Crippen LogP contribution in [0.4, 0.5) is 0 Å². The highest BCUT2D eigenvalue weighted by molar-refractivity contribution is 6.74. The molecule has 7 atom stereocenters. The van der Waals surface area contributed by atoms with Crippen LogP contribution < -0.4 is 0 Å².